The van der Waals surface area contributed by atoms with Crippen LogP contribution < -0.4 is 15.4 Å². The molecule has 1 saturated heterocycles. The number of piperidine rings is 1. The highest BCUT2D eigenvalue weighted by Crippen LogP contribution is 2.26. The second-order valence-corrected chi connectivity index (χ2v) is 8.67. The van der Waals surface area contributed by atoms with Crippen molar-refractivity contribution in [3.63, 3.8) is 0 Å². The van der Waals surface area contributed by atoms with Crippen molar-refractivity contribution >= 4 is 23.2 Å². The summed E-state index contributed by atoms with van der Waals surface area (Å²) < 4.78 is 5.79. The van der Waals surface area contributed by atoms with Crippen LogP contribution in [0.3, 0.4) is 0 Å². The first-order chi connectivity index (χ1) is 14.9. The molecule has 3 rings (SSSR count). The maximum Gasteiger partial charge on any atom is 0.221 e. The number of halogens is 1. The first-order valence-electron chi connectivity index (χ1n) is 10.8. The number of hydrogen-bond acceptors (Lipinski definition) is 5. The summed E-state index contributed by atoms with van der Waals surface area (Å²) in [4.78, 5) is 13.8. The fourth-order valence-corrected chi connectivity index (χ4v) is 3.86. The van der Waals surface area contributed by atoms with Gasteiger partial charge in [-0.1, -0.05) is 29.8 Å². The van der Waals surface area contributed by atoms with Crippen molar-refractivity contribution in [1.82, 2.24) is 10.2 Å². The van der Waals surface area contributed by atoms with E-state index in [2.05, 4.69) is 27.7 Å². The standard InChI is InChI=1S/C24H32ClN3O3/c1-17-3-8-23(27-18(2)29)24(13-17)31-16-22(30)14-26-21-9-11-28(12-10-21)15-19-4-6-20(25)7-5-19/h3-8,13,21-22,26,30H,9-12,14-16H2,1-2H3,(H,27,29). The van der Waals surface area contributed by atoms with Gasteiger partial charge in [0.05, 0.1) is 5.69 Å². The molecule has 3 N–H and O–H groups in total. The molecule has 0 aliphatic carbocycles. The highest BCUT2D eigenvalue weighted by atomic mass is 35.5. The fourth-order valence-electron chi connectivity index (χ4n) is 3.73. The van der Waals surface area contributed by atoms with Gasteiger partial charge < -0.3 is 20.5 Å². The van der Waals surface area contributed by atoms with E-state index in [1.54, 1.807) is 0 Å². The number of ether oxygens (including phenoxy) is 1. The van der Waals surface area contributed by atoms with Crippen LogP contribution in [0.4, 0.5) is 5.69 Å². The summed E-state index contributed by atoms with van der Waals surface area (Å²) in [5.74, 6) is 0.420. The van der Waals surface area contributed by atoms with Gasteiger partial charge in [-0.05, 0) is 68.2 Å². The van der Waals surface area contributed by atoms with E-state index in [1.807, 2.05) is 37.3 Å². The minimum atomic E-state index is -0.627. The number of aryl methyl sites for hydroxylation is 1. The predicted octanol–water partition coefficient (Wildman–Crippen LogP) is 3.60. The monoisotopic (exact) mass is 445 g/mol. The third-order valence-corrected chi connectivity index (χ3v) is 5.68. The first kappa shape index (κ1) is 23.5. The summed E-state index contributed by atoms with van der Waals surface area (Å²) in [5, 5.41) is 17.3. The molecule has 1 unspecified atom stereocenters. The van der Waals surface area contributed by atoms with Gasteiger partial charge in [-0.3, -0.25) is 9.69 Å². The van der Waals surface area contributed by atoms with Crippen LogP contribution in [0, 0.1) is 6.92 Å². The largest absolute Gasteiger partial charge is 0.489 e. The molecule has 1 fully saturated rings. The van der Waals surface area contributed by atoms with Crippen LogP contribution in [0.25, 0.3) is 0 Å². The molecule has 0 aromatic heterocycles. The number of aliphatic hydroxyl groups excluding tert-OH is 1. The molecule has 0 radical (unpaired) electrons. The van der Waals surface area contributed by atoms with Crippen molar-refractivity contribution in [3.8, 4) is 5.75 Å². The topological polar surface area (TPSA) is 73.8 Å². The summed E-state index contributed by atoms with van der Waals surface area (Å²) in [6.45, 7) is 7.05. The molecule has 7 heteroatoms. The summed E-state index contributed by atoms with van der Waals surface area (Å²) >= 11 is 5.96. The number of nitrogens with one attached hydrogen (secondary N) is 2. The van der Waals surface area contributed by atoms with Crippen LogP contribution >= 0.6 is 11.6 Å². The maximum absolute atomic E-state index is 11.4. The van der Waals surface area contributed by atoms with E-state index in [1.165, 1.54) is 12.5 Å². The van der Waals surface area contributed by atoms with Crippen LogP contribution in [0.5, 0.6) is 5.75 Å². The van der Waals surface area contributed by atoms with Crippen LogP contribution in [-0.4, -0.2) is 54.3 Å². The number of benzene rings is 2. The molecule has 6 nitrogen and oxygen atoms in total. The van der Waals surface area contributed by atoms with Crippen molar-refractivity contribution in [3.05, 3.63) is 58.6 Å². The van der Waals surface area contributed by atoms with E-state index in [-0.39, 0.29) is 12.5 Å². The number of carbonyl (C=O) groups excluding carboxylic acids is 1. The second kappa shape index (κ2) is 11.5. The third kappa shape index (κ3) is 7.82. The quantitative estimate of drug-likeness (QED) is 0.550. The van der Waals surface area contributed by atoms with Crippen molar-refractivity contribution in [1.29, 1.82) is 0 Å². The Kier molecular flexibility index (Phi) is 8.72. The van der Waals surface area contributed by atoms with Gasteiger partial charge in [0.1, 0.15) is 18.5 Å². The third-order valence-electron chi connectivity index (χ3n) is 5.43. The number of aliphatic hydroxyl groups is 1. The minimum Gasteiger partial charge on any atom is -0.489 e. The zero-order chi connectivity index (χ0) is 22.2. The molecule has 0 bridgehead atoms. The molecule has 168 valence electrons. The number of likely N-dealkylation sites (tertiary alicyclic amines) is 1. The highest BCUT2D eigenvalue weighted by Gasteiger charge is 2.20. The van der Waals surface area contributed by atoms with E-state index in [0.717, 1.165) is 43.1 Å². The predicted molar refractivity (Wildman–Crippen MR) is 125 cm³/mol. The van der Waals surface area contributed by atoms with Gasteiger partial charge in [0.25, 0.3) is 0 Å². The Morgan fingerprint density at radius 2 is 1.94 bits per heavy atom. The normalized spacial score (nSPS) is 16.1. The first-order valence-corrected chi connectivity index (χ1v) is 11.2. The Balaban J connectivity index is 1.38. The lowest BCUT2D eigenvalue weighted by molar-refractivity contribution is -0.114. The van der Waals surface area contributed by atoms with Crippen LogP contribution in [0.2, 0.25) is 5.02 Å². The smallest absolute Gasteiger partial charge is 0.221 e. The Labute approximate surface area is 189 Å². The lowest BCUT2D eigenvalue weighted by Gasteiger charge is -2.33. The van der Waals surface area contributed by atoms with Gasteiger partial charge in [-0.25, -0.2) is 0 Å². The number of anilines is 1. The average molecular weight is 446 g/mol. The summed E-state index contributed by atoms with van der Waals surface area (Å²) in [5.41, 5.74) is 2.92. The molecule has 1 amide bonds. The second-order valence-electron chi connectivity index (χ2n) is 8.23. The molecule has 2 aromatic carbocycles. The molecule has 1 aliphatic heterocycles. The highest BCUT2D eigenvalue weighted by molar-refractivity contribution is 6.30. The Hall–Kier alpha value is -2.12. The van der Waals surface area contributed by atoms with E-state index in [4.69, 9.17) is 16.3 Å². The molecule has 1 heterocycles. The number of nitrogens with zero attached hydrogens (tertiary/aromatic N) is 1. The molecular weight excluding hydrogens is 414 g/mol. The Morgan fingerprint density at radius 1 is 1.23 bits per heavy atom. The van der Waals surface area contributed by atoms with E-state index in [9.17, 15) is 9.90 Å². The van der Waals surface area contributed by atoms with Gasteiger partial charge >= 0.3 is 0 Å². The van der Waals surface area contributed by atoms with E-state index < -0.39 is 6.10 Å². The van der Waals surface area contributed by atoms with Crippen molar-refractivity contribution in [2.24, 2.45) is 0 Å². The van der Waals surface area contributed by atoms with Gasteiger partial charge in [0.2, 0.25) is 5.91 Å². The zero-order valence-electron chi connectivity index (χ0n) is 18.2. The van der Waals surface area contributed by atoms with Crippen LogP contribution in [0.1, 0.15) is 30.9 Å². The Morgan fingerprint density at radius 3 is 2.61 bits per heavy atom. The van der Waals surface area contributed by atoms with Crippen molar-refractivity contribution < 1.29 is 14.6 Å². The van der Waals surface area contributed by atoms with E-state index >= 15 is 0 Å². The average Bonchev–Trinajstić information content (AvgIpc) is 2.74. The number of rotatable bonds is 9. The number of carbonyl (C=O) groups is 1. The molecule has 0 spiro atoms. The van der Waals surface area contributed by atoms with Crippen molar-refractivity contribution in [2.45, 2.75) is 45.4 Å². The molecule has 1 atom stereocenters. The van der Waals surface area contributed by atoms with Gasteiger partial charge in [0.15, 0.2) is 0 Å². The molecule has 2 aromatic rings. The van der Waals surface area contributed by atoms with Gasteiger partial charge in [-0.15, -0.1) is 0 Å². The number of hydrogen-bond donors (Lipinski definition) is 3. The van der Waals surface area contributed by atoms with Gasteiger partial charge in [-0.2, -0.15) is 0 Å². The molecule has 1 aliphatic rings. The SMILES string of the molecule is CC(=O)Nc1ccc(C)cc1OCC(O)CNC1CCN(Cc2ccc(Cl)cc2)CC1. The molecule has 0 saturated carbocycles. The number of amides is 1. The molecular formula is C24H32ClN3O3. The van der Waals surface area contributed by atoms with E-state index in [0.29, 0.717) is 24.0 Å². The Bertz CT molecular complexity index is 852. The van der Waals surface area contributed by atoms with Crippen molar-refractivity contribution in [2.75, 3.05) is 31.6 Å². The summed E-state index contributed by atoms with van der Waals surface area (Å²) in [6.07, 6.45) is 1.47. The lowest BCUT2D eigenvalue weighted by atomic mass is 10.0. The zero-order valence-corrected chi connectivity index (χ0v) is 19.0. The lowest BCUT2D eigenvalue weighted by Crippen LogP contribution is -2.45. The van der Waals surface area contributed by atoms with Gasteiger partial charge in [0, 0.05) is 31.1 Å². The maximum atomic E-state index is 11.4. The minimum absolute atomic E-state index is 0.154. The van der Waals surface area contributed by atoms with Crippen LogP contribution in [-0.2, 0) is 11.3 Å². The summed E-state index contributed by atoms with van der Waals surface area (Å²) in [6, 6.07) is 14.0. The van der Waals surface area contributed by atoms with Crippen LogP contribution in [0.15, 0.2) is 42.5 Å². The fraction of sp³-hybridized carbons (Fsp3) is 0.458. The molecule has 31 heavy (non-hydrogen) atoms. The summed E-state index contributed by atoms with van der Waals surface area (Å²) in [7, 11) is 0.